The molecule has 2 heterocycles. The van der Waals surface area contributed by atoms with E-state index in [-0.39, 0.29) is 11.7 Å². The number of hydrogen-bond donors (Lipinski definition) is 1. The normalized spacial score (nSPS) is 10.7. The van der Waals surface area contributed by atoms with Crippen LogP contribution in [0.4, 0.5) is 4.39 Å². The molecule has 29 heavy (non-hydrogen) atoms. The molecule has 0 aliphatic heterocycles. The minimum absolute atomic E-state index is 0.280. The van der Waals surface area contributed by atoms with Crippen molar-refractivity contribution in [2.75, 3.05) is 0 Å². The van der Waals surface area contributed by atoms with Crippen LogP contribution in [0, 0.1) is 5.82 Å². The first-order chi connectivity index (χ1) is 14.1. The Morgan fingerprint density at radius 3 is 2.38 bits per heavy atom. The monoisotopic (exact) mass is 406 g/mol. The number of pyridine rings is 1. The average Bonchev–Trinajstić information content (AvgIpc) is 3.19. The largest absolute Gasteiger partial charge is 0.347 e. The third-order valence-corrected chi connectivity index (χ3v) is 4.61. The van der Waals surface area contributed by atoms with Gasteiger partial charge in [0.1, 0.15) is 11.5 Å². The van der Waals surface area contributed by atoms with Crippen molar-refractivity contribution < 1.29 is 9.18 Å². The number of halogens is 2. The maximum absolute atomic E-state index is 13.3. The van der Waals surface area contributed by atoms with Crippen LogP contribution in [0.1, 0.15) is 16.1 Å². The molecule has 5 nitrogen and oxygen atoms in total. The van der Waals surface area contributed by atoms with E-state index in [1.54, 1.807) is 59.5 Å². The molecule has 0 bridgehead atoms. The summed E-state index contributed by atoms with van der Waals surface area (Å²) in [4.78, 5) is 16.9. The number of aromatic nitrogens is 3. The van der Waals surface area contributed by atoms with E-state index in [1.165, 1.54) is 12.1 Å². The van der Waals surface area contributed by atoms with Crippen LogP contribution in [0.2, 0.25) is 5.02 Å². The van der Waals surface area contributed by atoms with Crippen molar-refractivity contribution in [3.63, 3.8) is 0 Å². The quantitative estimate of drug-likeness (QED) is 0.524. The van der Waals surface area contributed by atoms with E-state index < -0.39 is 0 Å². The van der Waals surface area contributed by atoms with Crippen LogP contribution in [0.25, 0.3) is 16.9 Å². The fourth-order valence-electron chi connectivity index (χ4n) is 2.86. The fourth-order valence-corrected chi connectivity index (χ4v) is 2.98. The van der Waals surface area contributed by atoms with Crippen molar-refractivity contribution in [1.29, 1.82) is 0 Å². The molecule has 4 rings (SSSR count). The number of carbonyl (C=O) groups excluding carboxylic acids is 1. The molecule has 2 aromatic heterocycles. The van der Waals surface area contributed by atoms with Gasteiger partial charge in [0.05, 0.1) is 11.4 Å². The smallest absolute Gasteiger partial charge is 0.270 e. The molecule has 4 aromatic rings. The Hall–Kier alpha value is -3.51. The van der Waals surface area contributed by atoms with Crippen LogP contribution in [-0.4, -0.2) is 20.7 Å². The first-order valence-electron chi connectivity index (χ1n) is 8.89. The zero-order valence-corrected chi connectivity index (χ0v) is 16.0. The second-order valence-corrected chi connectivity index (χ2v) is 6.78. The van der Waals surface area contributed by atoms with Gasteiger partial charge in [-0.15, -0.1) is 0 Å². The molecule has 0 unspecified atom stereocenters. The summed E-state index contributed by atoms with van der Waals surface area (Å²) in [7, 11) is 0. The zero-order chi connectivity index (χ0) is 20.2. The highest BCUT2D eigenvalue weighted by molar-refractivity contribution is 6.30. The summed E-state index contributed by atoms with van der Waals surface area (Å²) in [5, 5.41) is 8.05. The molecular formula is C22H16ClFN4O. The Balaban J connectivity index is 1.69. The van der Waals surface area contributed by atoms with Gasteiger partial charge in [-0.1, -0.05) is 11.6 Å². The van der Waals surface area contributed by atoms with Gasteiger partial charge in [0.2, 0.25) is 0 Å². The lowest BCUT2D eigenvalue weighted by atomic mass is 10.1. The molecule has 0 atom stereocenters. The molecular weight excluding hydrogens is 391 g/mol. The Kier molecular flexibility index (Phi) is 5.35. The second kappa shape index (κ2) is 8.24. The van der Waals surface area contributed by atoms with Crippen LogP contribution in [0.3, 0.4) is 0 Å². The molecule has 0 aliphatic rings. The van der Waals surface area contributed by atoms with Crippen molar-refractivity contribution in [2.45, 2.75) is 6.54 Å². The topological polar surface area (TPSA) is 59.8 Å². The Labute approximate surface area is 171 Å². The summed E-state index contributed by atoms with van der Waals surface area (Å²) in [6.07, 6.45) is 3.35. The first kappa shape index (κ1) is 18.8. The SMILES string of the molecule is O=C(NCc1ccncc1)c1cc(-c2ccc(F)cc2)nn1-c1ccc(Cl)cc1. The Morgan fingerprint density at radius 2 is 1.69 bits per heavy atom. The van der Waals surface area contributed by atoms with Gasteiger partial charge in [-0.2, -0.15) is 5.10 Å². The summed E-state index contributed by atoms with van der Waals surface area (Å²) in [6, 6.07) is 18.4. The van der Waals surface area contributed by atoms with Crippen molar-refractivity contribution in [2.24, 2.45) is 0 Å². The summed E-state index contributed by atoms with van der Waals surface area (Å²) in [6.45, 7) is 0.360. The molecule has 0 saturated carbocycles. The summed E-state index contributed by atoms with van der Waals surface area (Å²) < 4.78 is 14.8. The lowest BCUT2D eigenvalue weighted by Gasteiger charge is -2.08. The molecule has 0 spiro atoms. The van der Waals surface area contributed by atoms with Gasteiger partial charge in [0.25, 0.3) is 5.91 Å². The number of benzene rings is 2. The third kappa shape index (κ3) is 4.33. The summed E-state index contributed by atoms with van der Waals surface area (Å²) in [5.41, 5.74) is 3.26. The molecule has 0 aliphatic carbocycles. The van der Waals surface area contributed by atoms with Crippen LogP contribution >= 0.6 is 11.6 Å². The van der Waals surface area contributed by atoms with Crippen LogP contribution in [-0.2, 0) is 6.54 Å². The van der Waals surface area contributed by atoms with E-state index in [0.29, 0.717) is 34.2 Å². The molecule has 1 amide bonds. The molecule has 1 N–H and O–H groups in total. The van der Waals surface area contributed by atoms with Gasteiger partial charge in [-0.25, -0.2) is 9.07 Å². The van der Waals surface area contributed by atoms with Gasteiger partial charge in [-0.3, -0.25) is 9.78 Å². The highest BCUT2D eigenvalue weighted by Gasteiger charge is 2.17. The number of amides is 1. The third-order valence-electron chi connectivity index (χ3n) is 4.36. The number of nitrogens with zero attached hydrogens (tertiary/aromatic N) is 3. The maximum Gasteiger partial charge on any atom is 0.270 e. The Morgan fingerprint density at radius 1 is 1.00 bits per heavy atom. The summed E-state index contributed by atoms with van der Waals surface area (Å²) >= 11 is 5.99. The van der Waals surface area contributed by atoms with Crippen LogP contribution in [0.15, 0.2) is 79.1 Å². The van der Waals surface area contributed by atoms with E-state index in [2.05, 4.69) is 15.4 Å². The minimum atomic E-state index is -0.332. The Bertz CT molecular complexity index is 1130. The number of hydrogen-bond acceptors (Lipinski definition) is 3. The van der Waals surface area contributed by atoms with Gasteiger partial charge >= 0.3 is 0 Å². The lowest BCUT2D eigenvalue weighted by molar-refractivity contribution is 0.0943. The van der Waals surface area contributed by atoms with E-state index >= 15 is 0 Å². The fraction of sp³-hybridized carbons (Fsp3) is 0.0455. The van der Waals surface area contributed by atoms with Gasteiger partial charge in [0.15, 0.2) is 0 Å². The number of nitrogens with one attached hydrogen (secondary N) is 1. The molecule has 7 heteroatoms. The van der Waals surface area contributed by atoms with E-state index in [9.17, 15) is 9.18 Å². The van der Waals surface area contributed by atoms with Crippen molar-refractivity contribution >= 4 is 17.5 Å². The lowest BCUT2D eigenvalue weighted by Crippen LogP contribution is -2.25. The predicted molar refractivity (Wildman–Crippen MR) is 109 cm³/mol. The van der Waals surface area contributed by atoms with Gasteiger partial charge in [-0.05, 0) is 72.3 Å². The number of rotatable bonds is 5. The highest BCUT2D eigenvalue weighted by atomic mass is 35.5. The highest BCUT2D eigenvalue weighted by Crippen LogP contribution is 2.23. The maximum atomic E-state index is 13.3. The minimum Gasteiger partial charge on any atom is -0.347 e. The first-order valence-corrected chi connectivity index (χ1v) is 9.27. The molecule has 0 radical (unpaired) electrons. The molecule has 2 aromatic carbocycles. The molecule has 0 saturated heterocycles. The van der Waals surface area contributed by atoms with E-state index in [1.807, 2.05) is 12.1 Å². The van der Waals surface area contributed by atoms with E-state index in [4.69, 9.17) is 11.6 Å². The number of carbonyl (C=O) groups is 1. The van der Waals surface area contributed by atoms with Crippen molar-refractivity contribution in [1.82, 2.24) is 20.1 Å². The zero-order valence-electron chi connectivity index (χ0n) is 15.2. The van der Waals surface area contributed by atoms with E-state index in [0.717, 1.165) is 5.56 Å². The summed E-state index contributed by atoms with van der Waals surface area (Å²) in [5.74, 6) is -0.612. The van der Waals surface area contributed by atoms with Crippen molar-refractivity contribution in [3.05, 3.63) is 101 Å². The van der Waals surface area contributed by atoms with Gasteiger partial charge in [0, 0.05) is 29.5 Å². The van der Waals surface area contributed by atoms with Crippen molar-refractivity contribution in [3.8, 4) is 16.9 Å². The molecule has 144 valence electrons. The second-order valence-electron chi connectivity index (χ2n) is 6.35. The molecule has 0 fully saturated rings. The standard InChI is InChI=1S/C22H16ClFN4O/c23-17-3-7-19(8-4-17)28-21(22(29)26-14-15-9-11-25-12-10-15)13-20(27-28)16-1-5-18(24)6-2-16/h1-13H,14H2,(H,26,29). The average molecular weight is 407 g/mol. The van der Waals surface area contributed by atoms with Crippen LogP contribution in [0.5, 0.6) is 0 Å². The van der Waals surface area contributed by atoms with Crippen LogP contribution < -0.4 is 5.32 Å². The predicted octanol–water partition coefficient (Wildman–Crippen LogP) is 4.66. The van der Waals surface area contributed by atoms with Gasteiger partial charge < -0.3 is 5.32 Å².